The van der Waals surface area contributed by atoms with Gasteiger partial charge in [-0.15, -0.1) is 0 Å². The lowest BCUT2D eigenvalue weighted by molar-refractivity contribution is -0.151. The van der Waals surface area contributed by atoms with Crippen molar-refractivity contribution in [3.63, 3.8) is 0 Å². The van der Waals surface area contributed by atoms with E-state index < -0.39 is 6.10 Å². The Labute approximate surface area is 130 Å². The van der Waals surface area contributed by atoms with Crippen molar-refractivity contribution in [3.8, 4) is 0 Å². The zero-order chi connectivity index (χ0) is 16.1. The molecule has 1 aliphatic carbocycles. The summed E-state index contributed by atoms with van der Waals surface area (Å²) < 4.78 is 6.11. The highest BCUT2D eigenvalue weighted by Gasteiger charge is 2.40. The van der Waals surface area contributed by atoms with Crippen LogP contribution in [0.25, 0.3) is 0 Å². The zero-order valence-corrected chi connectivity index (χ0v) is 14.5. The van der Waals surface area contributed by atoms with Gasteiger partial charge in [-0.2, -0.15) is 0 Å². The Morgan fingerprint density at radius 2 is 1.95 bits per heavy atom. The Morgan fingerprint density at radius 3 is 2.38 bits per heavy atom. The maximum absolute atomic E-state index is 12.0. The van der Waals surface area contributed by atoms with Gasteiger partial charge in [-0.3, -0.25) is 4.79 Å². The van der Waals surface area contributed by atoms with Crippen molar-refractivity contribution >= 4 is 5.91 Å². The normalized spacial score (nSPS) is 28.2. The highest BCUT2D eigenvalue weighted by atomic mass is 16.5. The third kappa shape index (κ3) is 5.26. The summed E-state index contributed by atoms with van der Waals surface area (Å²) in [4.78, 5) is 12.0. The Morgan fingerprint density at radius 1 is 1.38 bits per heavy atom. The lowest BCUT2D eigenvalue weighted by Gasteiger charge is -2.44. The molecule has 3 N–H and O–H groups in total. The van der Waals surface area contributed by atoms with Gasteiger partial charge in [0.1, 0.15) is 6.10 Å². The van der Waals surface area contributed by atoms with E-state index in [1.165, 1.54) is 0 Å². The monoisotopic (exact) mass is 298 g/mol. The summed E-state index contributed by atoms with van der Waals surface area (Å²) in [7, 11) is 0. The van der Waals surface area contributed by atoms with Gasteiger partial charge in [0.15, 0.2) is 0 Å². The number of carbonyl (C=O) groups is 1. The molecule has 1 fully saturated rings. The largest absolute Gasteiger partial charge is 0.361 e. The molecule has 124 valence electrons. The molecule has 1 amide bonds. The highest BCUT2D eigenvalue weighted by Crippen LogP contribution is 2.42. The number of hydrogen-bond donors (Lipinski definition) is 2. The van der Waals surface area contributed by atoms with Crippen molar-refractivity contribution in [2.45, 2.75) is 78.4 Å². The van der Waals surface area contributed by atoms with Gasteiger partial charge in [0, 0.05) is 13.1 Å². The van der Waals surface area contributed by atoms with Crippen LogP contribution in [0, 0.1) is 11.3 Å². The number of rotatable bonds is 6. The number of nitrogens with one attached hydrogen (secondary N) is 1. The second-order valence-electron chi connectivity index (χ2n) is 7.58. The fourth-order valence-corrected chi connectivity index (χ4v) is 3.20. The number of carbonyl (C=O) groups excluding carboxylic acids is 1. The summed E-state index contributed by atoms with van der Waals surface area (Å²) in [6.45, 7) is 12.0. The molecule has 1 aliphatic rings. The lowest BCUT2D eigenvalue weighted by atomic mass is 9.68. The van der Waals surface area contributed by atoms with Gasteiger partial charge in [0.2, 0.25) is 5.91 Å². The van der Waals surface area contributed by atoms with E-state index in [2.05, 4.69) is 26.1 Å². The van der Waals surface area contributed by atoms with Crippen LogP contribution in [0.15, 0.2) is 0 Å². The molecule has 1 rings (SSSR count). The average molecular weight is 298 g/mol. The van der Waals surface area contributed by atoms with Crippen LogP contribution in [0.3, 0.4) is 0 Å². The van der Waals surface area contributed by atoms with E-state index >= 15 is 0 Å². The molecular formula is C17H34N2O2. The SMILES string of the molecule is CCCNC(=O)C(C)OC1(CN)CCC(C(C)(C)C)CC1. The molecule has 1 unspecified atom stereocenters. The molecule has 0 aliphatic heterocycles. The van der Waals surface area contributed by atoms with Crippen LogP contribution >= 0.6 is 0 Å². The Hall–Kier alpha value is -0.610. The minimum Gasteiger partial charge on any atom is -0.361 e. The van der Waals surface area contributed by atoms with E-state index in [1.54, 1.807) is 0 Å². The number of ether oxygens (including phenoxy) is 1. The molecule has 4 heteroatoms. The molecule has 0 aromatic rings. The molecular weight excluding hydrogens is 264 g/mol. The summed E-state index contributed by atoms with van der Waals surface area (Å²) in [5.41, 5.74) is 6.01. The van der Waals surface area contributed by atoms with E-state index in [0.29, 0.717) is 24.4 Å². The molecule has 0 saturated heterocycles. The van der Waals surface area contributed by atoms with Crippen molar-refractivity contribution in [3.05, 3.63) is 0 Å². The third-order valence-electron chi connectivity index (χ3n) is 4.84. The van der Waals surface area contributed by atoms with Gasteiger partial charge in [0.25, 0.3) is 0 Å². The maximum atomic E-state index is 12.0. The van der Waals surface area contributed by atoms with Gasteiger partial charge in [-0.05, 0) is 50.4 Å². The Kier molecular flexibility index (Phi) is 6.67. The second-order valence-corrected chi connectivity index (χ2v) is 7.58. The average Bonchev–Trinajstić information content (AvgIpc) is 2.44. The van der Waals surface area contributed by atoms with E-state index in [-0.39, 0.29) is 11.5 Å². The molecule has 21 heavy (non-hydrogen) atoms. The fourth-order valence-electron chi connectivity index (χ4n) is 3.20. The molecule has 0 spiro atoms. The van der Waals surface area contributed by atoms with Crippen molar-refractivity contribution < 1.29 is 9.53 Å². The first kappa shape index (κ1) is 18.4. The van der Waals surface area contributed by atoms with E-state index in [4.69, 9.17) is 10.5 Å². The van der Waals surface area contributed by atoms with Crippen LogP contribution in [-0.2, 0) is 9.53 Å². The molecule has 1 atom stereocenters. The minimum absolute atomic E-state index is 0.0254. The van der Waals surface area contributed by atoms with Crippen LogP contribution in [0.2, 0.25) is 0 Å². The fraction of sp³-hybridized carbons (Fsp3) is 0.941. The standard InChI is InChI=1S/C17H34N2O2/c1-6-11-19-15(20)13(2)21-17(12-18)9-7-14(8-10-17)16(3,4)5/h13-14H,6-12,18H2,1-5H3,(H,19,20). The van der Waals surface area contributed by atoms with Gasteiger partial charge >= 0.3 is 0 Å². The van der Waals surface area contributed by atoms with Gasteiger partial charge in [-0.1, -0.05) is 27.7 Å². The van der Waals surface area contributed by atoms with E-state index in [0.717, 1.165) is 32.1 Å². The summed E-state index contributed by atoms with van der Waals surface area (Å²) >= 11 is 0. The van der Waals surface area contributed by atoms with Crippen LogP contribution in [0.5, 0.6) is 0 Å². The smallest absolute Gasteiger partial charge is 0.248 e. The van der Waals surface area contributed by atoms with Gasteiger partial charge in [-0.25, -0.2) is 0 Å². The number of nitrogens with two attached hydrogens (primary N) is 1. The Balaban J connectivity index is 2.57. The summed E-state index contributed by atoms with van der Waals surface area (Å²) in [6.07, 6.45) is 4.68. The number of hydrogen-bond acceptors (Lipinski definition) is 3. The van der Waals surface area contributed by atoms with Crippen molar-refractivity contribution in [1.29, 1.82) is 0 Å². The molecule has 0 bridgehead atoms. The second kappa shape index (κ2) is 7.59. The number of amides is 1. The topological polar surface area (TPSA) is 64.3 Å². The Bertz CT molecular complexity index is 328. The molecule has 4 nitrogen and oxygen atoms in total. The first-order valence-electron chi connectivity index (χ1n) is 8.39. The van der Waals surface area contributed by atoms with Crippen molar-refractivity contribution in [1.82, 2.24) is 5.32 Å². The minimum atomic E-state index is -0.425. The van der Waals surface area contributed by atoms with E-state index in [9.17, 15) is 4.79 Å². The van der Waals surface area contributed by atoms with Crippen molar-refractivity contribution in [2.24, 2.45) is 17.1 Å². The molecule has 0 heterocycles. The zero-order valence-electron chi connectivity index (χ0n) is 14.5. The first-order chi connectivity index (χ1) is 9.74. The van der Waals surface area contributed by atoms with Crippen LogP contribution in [-0.4, -0.2) is 30.7 Å². The first-order valence-corrected chi connectivity index (χ1v) is 8.39. The van der Waals surface area contributed by atoms with Crippen LogP contribution < -0.4 is 11.1 Å². The molecule has 1 saturated carbocycles. The third-order valence-corrected chi connectivity index (χ3v) is 4.84. The molecule has 0 aromatic carbocycles. The highest BCUT2D eigenvalue weighted by molar-refractivity contribution is 5.80. The van der Waals surface area contributed by atoms with Crippen molar-refractivity contribution in [2.75, 3.05) is 13.1 Å². The van der Waals surface area contributed by atoms with E-state index in [1.807, 2.05) is 13.8 Å². The molecule has 0 radical (unpaired) electrons. The summed E-state index contributed by atoms with van der Waals surface area (Å²) in [5, 5.41) is 2.89. The lowest BCUT2D eigenvalue weighted by Crippen LogP contribution is -2.50. The summed E-state index contributed by atoms with van der Waals surface area (Å²) in [5.74, 6) is 0.688. The van der Waals surface area contributed by atoms with Gasteiger partial charge in [0.05, 0.1) is 5.60 Å². The quantitative estimate of drug-likeness (QED) is 0.792. The predicted molar refractivity (Wildman–Crippen MR) is 87.0 cm³/mol. The molecule has 0 aromatic heterocycles. The van der Waals surface area contributed by atoms with Crippen LogP contribution in [0.1, 0.15) is 66.7 Å². The predicted octanol–water partition coefficient (Wildman–Crippen LogP) is 2.85. The maximum Gasteiger partial charge on any atom is 0.248 e. The van der Waals surface area contributed by atoms with Crippen LogP contribution in [0.4, 0.5) is 0 Å². The summed E-state index contributed by atoms with van der Waals surface area (Å²) in [6, 6.07) is 0. The van der Waals surface area contributed by atoms with Gasteiger partial charge < -0.3 is 15.8 Å².